The second-order valence-corrected chi connectivity index (χ2v) is 3.36. The molecule has 1 rings (SSSR count). The standard InChI is InChI=1S/C12H16O2/c1-3-10(9-13)8-11-4-6-12(14-2)7-5-11/h4-7,9-10H,3,8H2,1-2H3. The molecule has 1 atom stereocenters. The van der Waals surface area contributed by atoms with Gasteiger partial charge in [0, 0.05) is 5.92 Å². The van der Waals surface area contributed by atoms with Gasteiger partial charge in [-0.25, -0.2) is 0 Å². The number of ether oxygens (including phenoxy) is 1. The van der Waals surface area contributed by atoms with Gasteiger partial charge in [-0.15, -0.1) is 0 Å². The first kappa shape index (κ1) is 10.8. The van der Waals surface area contributed by atoms with Crippen molar-refractivity contribution < 1.29 is 9.53 Å². The fourth-order valence-corrected chi connectivity index (χ4v) is 1.35. The number of methoxy groups -OCH3 is 1. The largest absolute Gasteiger partial charge is 0.497 e. The zero-order valence-corrected chi connectivity index (χ0v) is 8.69. The van der Waals surface area contributed by atoms with Crippen LogP contribution in [0.2, 0.25) is 0 Å². The van der Waals surface area contributed by atoms with Crippen molar-refractivity contribution in [3.63, 3.8) is 0 Å². The molecule has 0 heterocycles. The number of hydrogen-bond donors (Lipinski definition) is 0. The number of carbonyl (C=O) groups is 1. The van der Waals surface area contributed by atoms with E-state index in [0.717, 1.165) is 24.9 Å². The molecule has 0 amide bonds. The summed E-state index contributed by atoms with van der Waals surface area (Å²) in [7, 11) is 1.65. The molecule has 2 heteroatoms. The van der Waals surface area contributed by atoms with Gasteiger partial charge in [-0.2, -0.15) is 0 Å². The molecule has 0 radical (unpaired) electrons. The number of benzene rings is 1. The van der Waals surface area contributed by atoms with Crippen LogP contribution in [0, 0.1) is 5.92 Å². The Balaban J connectivity index is 2.63. The van der Waals surface area contributed by atoms with E-state index in [2.05, 4.69) is 0 Å². The molecule has 14 heavy (non-hydrogen) atoms. The first-order valence-corrected chi connectivity index (χ1v) is 4.88. The Morgan fingerprint density at radius 2 is 2.00 bits per heavy atom. The van der Waals surface area contributed by atoms with Crippen molar-refractivity contribution in [2.24, 2.45) is 5.92 Å². The molecule has 0 aliphatic heterocycles. The lowest BCUT2D eigenvalue weighted by molar-refractivity contribution is -0.111. The molecular formula is C12H16O2. The summed E-state index contributed by atoms with van der Waals surface area (Å²) in [5, 5.41) is 0. The summed E-state index contributed by atoms with van der Waals surface area (Å²) in [5.74, 6) is 0.997. The van der Waals surface area contributed by atoms with Crippen LogP contribution < -0.4 is 4.74 Å². The predicted molar refractivity (Wildman–Crippen MR) is 56.5 cm³/mol. The van der Waals surface area contributed by atoms with Crippen molar-refractivity contribution in [2.75, 3.05) is 7.11 Å². The van der Waals surface area contributed by atoms with E-state index < -0.39 is 0 Å². The maximum absolute atomic E-state index is 10.6. The summed E-state index contributed by atoms with van der Waals surface area (Å²) in [6.45, 7) is 2.03. The van der Waals surface area contributed by atoms with Gasteiger partial charge in [0.15, 0.2) is 0 Å². The van der Waals surface area contributed by atoms with Crippen LogP contribution >= 0.6 is 0 Å². The molecule has 1 unspecified atom stereocenters. The van der Waals surface area contributed by atoms with E-state index in [-0.39, 0.29) is 5.92 Å². The Morgan fingerprint density at radius 1 is 1.36 bits per heavy atom. The Kier molecular flexibility index (Phi) is 4.17. The van der Waals surface area contributed by atoms with Crippen molar-refractivity contribution in [1.29, 1.82) is 0 Å². The van der Waals surface area contributed by atoms with Crippen molar-refractivity contribution >= 4 is 6.29 Å². The van der Waals surface area contributed by atoms with Crippen LogP contribution in [0.15, 0.2) is 24.3 Å². The van der Waals surface area contributed by atoms with Crippen LogP contribution in [-0.2, 0) is 11.2 Å². The maximum Gasteiger partial charge on any atom is 0.123 e. The lowest BCUT2D eigenvalue weighted by atomic mass is 9.98. The summed E-state index contributed by atoms with van der Waals surface area (Å²) < 4.78 is 5.06. The summed E-state index contributed by atoms with van der Waals surface area (Å²) in [4.78, 5) is 10.6. The SMILES string of the molecule is CCC(C=O)Cc1ccc(OC)cc1. The predicted octanol–water partition coefficient (Wildman–Crippen LogP) is 2.46. The Bertz CT molecular complexity index is 277. The summed E-state index contributed by atoms with van der Waals surface area (Å²) in [6, 6.07) is 7.86. The second-order valence-electron chi connectivity index (χ2n) is 3.36. The van der Waals surface area contributed by atoms with Gasteiger partial charge in [0.2, 0.25) is 0 Å². The molecule has 0 aliphatic carbocycles. The average molecular weight is 192 g/mol. The van der Waals surface area contributed by atoms with E-state index in [4.69, 9.17) is 4.74 Å². The molecule has 0 saturated heterocycles. The first-order chi connectivity index (χ1) is 6.80. The van der Waals surface area contributed by atoms with Crippen LogP contribution in [-0.4, -0.2) is 13.4 Å². The van der Waals surface area contributed by atoms with Crippen molar-refractivity contribution in [3.8, 4) is 5.75 Å². The minimum Gasteiger partial charge on any atom is -0.497 e. The number of rotatable bonds is 5. The number of aldehydes is 1. The normalized spacial score (nSPS) is 12.1. The molecule has 76 valence electrons. The Hall–Kier alpha value is -1.31. The van der Waals surface area contributed by atoms with Crippen LogP contribution in [0.5, 0.6) is 5.75 Å². The third-order valence-electron chi connectivity index (χ3n) is 2.37. The second kappa shape index (κ2) is 5.43. The summed E-state index contributed by atoms with van der Waals surface area (Å²) in [5.41, 5.74) is 1.18. The summed E-state index contributed by atoms with van der Waals surface area (Å²) in [6.07, 6.45) is 2.75. The fourth-order valence-electron chi connectivity index (χ4n) is 1.35. The topological polar surface area (TPSA) is 26.3 Å². The molecule has 0 bridgehead atoms. The van der Waals surface area contributed by atoms with Gasteiger partial charge < -0.3 is 9.53 Å². The third-order valence-corrected chi connectivity index (χ3v) is 2.37. The Labute approximate surface area is 84.9 Å². The van der Waals surface area contributed by atoms with E-state index in [0.29, 0.717) is 0 Å². The highest BCUT2D eigenvalue weighted by Gasteiger charge is 2.05. The monoisotopic (exact) mass is 192 g/mol. The third kappa shape index (κ3) is 2.87. The van der Waals surface area contributed by atoms with Crippen molar-refractivity contribution in [2.45, 2.75) is 19.8 Å². The lowest BCUT2D eigenvalue weighted by Crippen LogP contribution is -2.04. The lowest BCUT2D eigenvalue weighted by Gasteiger charge is -2.07. The minimum atomic E-state index is 0.142. The van der Waals surface area contributed by atoms with E-state index in [1.165, 1.54) is 5.56 Å². The zero-order chi connectivity index (χ0) is 10.4. The zero-order valence-electron chi connectivity index (χ0n) is 8.69. The van der Waals surface area contributed by atoms with E-state index >= 15 is 0 Å². The van der Waals surface area contributed by atoms with Crippen LogP contribution in [0.25, 0.3) is 0 Å². The van der Waals surface area contributed by atoms with Gasteiger partial charge in [-0.1, -0.05) is 19.1 Å². The van der Waals surface area contributed by atoms with Gasteiger partial charge in [-0.3, -0.25) is 0 Å². The average Bonchev–Trinajstić information content (AvgIpc) is 2.26. The molecule has 0 spiro atoms. The van der Waals surface area contributed by atoms with Gasteiger partial charge in [-0.05, 0) is 30.5 Å². The number of carbonyl (C=O) groups excluding carboxylic acids is 1. The molecule has 0 saturated carbocycles. The van der Waals surface area contributed by atoms with Crippen LogP contribution in [0.1, 0.15) is 18.9 Å². The smallest absolute Gasteiger partial charge is 0.123 e. The molecular weight excluding hydrogens is 176 g/mol. The minimum absolute atomic E-state index is 0.142. The highest BCUT2D eigenvalue weighted by molar-refractivity contribution is 5.54. The Morgan fingerprint density at radius 3 is 2.43 bits per heavy atom. The molecule has 2 nitrogen and oxygen atoms in total. The van der Waals surface area contributed by atoms with Crippen LogP contribution in [0.4, 0.5) is 0 Å². The van der Waals surface area contributed by atoms with Gasteiger partial charge >= 0.3 is 0 Å². The van der Waals surface area contributed by atoms with Gasteiger partial charge in [0.1, 0.15) is 12.0 Å². The maximum atomic E-state index is 10.6. The highest BCUT2D eigenvalue weighted by Crippen LogP contribution is 2.15. The quantitative estimate of drug-likeness (QED) is 0.670. The molecule has 0 aliphatic rings. The van der Waals surface area contributed by atoms with E-state index in [1.807, 2.05) is 31.2 Å². The fraction of sp³-hybridized carbons (Fsp3) is 0.417. The molecule has 0 N–H and O–H groups in total. The van der Waals surface area contributed by atoms with E-state index in [1.54, 1.807) is 7.11 Å². The van der Waals surface area contributed by atoms with E-state index in [9.17, 15) is 4.79 Å². The summed E-state index contributed by atoms with van der Waals surface area (Å²) >= 11 is 0. The first-order valence-electron chi connectivity index (χ1n) is 4.88. The van der Waals surface area contributed by atoms with Gasteiger partial charge in [0.05, 0.1) is 7.11 Å². The van der Waals surface area contributed by atoms with Gasteiger partial charge in [0.25, 0.3) is 0 Å². The van der Waals surface area contributed by atoms with Crippen molar-refractivity contribution in [3.05, 3.63) is 29.8 Å². The van der Waals surface area contributed by atoms with Crippen molar-refractivity contribution in [1.82, 2.24) is 0 Å². The molecule has 1 aromatic rings. The molecule has 0 fully saturated rings. The molecule has 0 aromatic heterocycles. The van der Waals surface area contributed by atoms with Crippen LogP contribution in [0.3, 0.4) is 0 Å². The highest BCUT2D eigenvalue weighted by atomic mass is 16.5. The molecule has 1 aromatic carbocycles. The number of hydrogen-bond acceptors (Lipinski definition) is 2.